The number of nitrogens with zero attached hydrogens (tertiary/aromatic N) is 5. The molecule has 8 nitrogen and oxygen atoms in total. The zero-order valence-corrected chi connectivity index (χ0v) is 24.3. The van der Waals surface area contributed by atoms with Gasteiger partial charge in [-0.05, 0) is 49.9 Å². The smallest absolute Gasteiger partial charge is 0.135 e. The summed E-state index contributed by atoms with van der Waals surface area (Å²) >= 11 is 6.15. The van der Waals surface area contributed by atoms with Crippen LogP contribution < -0.4 is 4.90 Å². The molecule has 210 valence electrons. The molecule has 2 aromatic rings. The molecule has 4 atom stereocenters. The number of fused-ring (bicyclic) bond motifs is 1. The standard InChI is InChI=1S/C27H36ClN5O3.2ClH/c1-18-15-23(35)25-24(18)26(30-17-29-25)32-9-11-33(12-10-32)27(31(2)21-7-13-36-14-8-21)22(16-34)19-3-5-20(28)6-4-19;;/h3-6,16-18,21-23,27,35H,7-15H2,1-2H3;2*1H/t18-,22?,23-,27?;;/m1../s1. The Hall–Kier alpha value is -1.52. The van der Waals surface area contributed by atoms with E-state index in [4.69, 9.17) is 16.3 Å². The normalized spacial score (nSPS) is 23.8. The number of rotatable bonds is 7. The number of aldehydes is 1. The fourth-order valence-corrected chi connectivity index (χ4v) is 6.33. The highest BCUT2D eigenvalue weighted by atomic mass is 35.5. The highest BCUT2D eigenvalue weighted by Crippen LogP contribution is 2.43. The molecule has 1 aromatic carbocycles. The van der Waals surface area contributed by atoms with E-state index in [0.717, 1.165) is 81.2 Å². The summed E-state index contributed by atoms with van der Waals surface area (Å²) in [4.78, 5) is 28.7. The van der Waals surface area contributed by atoms with E-state index in [1.54, 1.807) is 6.33 Å². The molecule has 11 heteroatoms. The number of hydrogen-bond donors (Lipinski definition) is 1. The molecule has 2 unspecified atom stereocenters. The second-order valence-electron chi connectivity index (χ2n) is 10.3. The number of halogens is 3. The van der Waals surface area contributed by atoms with Gasteiger partial charge in [-0.1, -0.05) is 30.7 Å². The van der Waals surface area contributed by atoms with Gasteiger partial charge < -0.3 is 19.5 Å². The van der Waals surface area contributed by atoms with Gasteiger partial charge in [0.15, 0.2) is 0 Å². The van der Waals surface area contributed by atoms with Gasteiger partial charge in [0.05, 0.1) is 23.9 Å². The van der Waals surface area contributed by atoms with Crippen LogP contribution in [-0.4, -0.2) is 89.8 Å². The van der Waals surface area contributed by atoms with Crippen LogP contribution >= 0.6 is 36.4 Å². The molecule has 3 aliphatic rings. The minimum atomic E-state index is -0.511. The van der Waals surface area contributed by atoms with Gasteiger partial charge in [0, 0.05) is 56.0 Å². The fourth-order valence-electron chi connectivity index (χ4n) is 6.20. The number of aliphatic hydroxyl groups excluding tert-OH is 1. The Morgan fingerprint density at radius 1 is 1.11 bits per heavy atom. The third-order valence-corrected chi connectivity index (χ3v) is 8.43. The number of aliphatic hydroxyl groups is 1. The Morgan fingerprint density at radius 2 is 1.76 bits per heavy atom. The molecule has 1 aliphatic carbocycles. The van der Waals surface area contributed by atoms with E-state index in [1.807, 2.05) is 24.3 Å². The van der Waals surface area contributed by atoms with E-state index in [0.29, 0.717) is 17.5 Å². The van der Waals surface area contributed by atoms with E-state index < -0.39 is 6.10 Å². The molecule has 0 radical (unpaired) electrons. The lowest BCUT2D eigenvalue weighted by molar-refractivity contribution is -0.114. The second-order valence-corrected chi connectivity index (χ2v) is 10.7. The molecule has 0 bridgehead atoms. The number of piperazine rings is 1. The van der Waals surface area contributed by atoms with Crippen LogP contribution in [-0.2, 0) is 9.53 Å². The van der Waals surface area contributed by atoms with Crippen molar-refractivity contribution in [2.24, 2.45) is 0 Å². The van der Waals surface area contributed by atoms with Gasteiger partial charge in [0.2, 0.25) is 0 Å². The maximum absolute atomic E-state index is 12.6. The summed E-state index contributed by atoms with van der Waals surface area (Å²) in [6.45, 7) is 6.87. The number of benzene rings is 1. The Kier molecular flexibility index (Phi) is 11.2. The Balaban J connectivity index is 0.00000200. The van der Waals surface area contributed by atoms with Crippen LogP contribution in [0, 0.1) is 0 Å². The first-order valence-corrected chi connectivity index (χ1v) is 13.4. The van der Waals surface area contributed by atoms with Crippen LogP contribution in [0.2, 0.25) is 5.02 Å². The predicted molar refractivity (Wildman–Crippen MR) is 154 cm³/mol. The van der Waals surface area contributed by atoms with E-state index in [9.17, 15) is 9.90 Å². The van der Waals surface area contributed by atoms with Crippen molar-refractivity contribution in [3.63, 3.8) is 0 Å². The van der Waals surface area contributed by atoms with Crippen molar-refractivity contribution in [3.8, 4) is 0 Å². The summed E-state index contributed by atoms with van der Waals surface area (Å²) < 4.78 is 5.61. The zero-order chi connectivity index (χ0) is 25.2. The number of ether oxygens (including phenoxy) is 1. The quantitative estimate of drug-likeness (QED) is 0.487. The van der Waals surface area contributed by atoms with Crippen LogP contribution in [0.15, 0.2) is 30.6 Å². The number of hydrogen-bond acceptors (Lipinski definition) is 8. The average molecular weight is 587 g/mol. The molecule has 1 aromatic heterocycles. The van der Waals surface area contributed by atoms with Crippen molar-refractivity contribution < 1.29 is 14.6 Å². The first kappa shape index (κ1) is 31.0. The molecule has 5 rings (SSSR count). The summed E-state index contributed by atoms with van der Waals surface area (Å²) in [5.41, 5.74) is 2.84. The summed E-state index contributed by atoms with van der Waals surface area (Å²) in [7, 11) is 2.15. The van der Waals surface area contributed by atoms with Gasteiger partial charge >= 0.3 is 0 Å². The van der Waals surface area contributed by atoms with E-state index >= 15 is 0 Å². The SMILES string of the molecule is C[C@@H]1C[C@@H](O)c2ncnc(N3CCN(C(C(C=O)c4ccc(Cl)cc4)N(C)C4CCOCC4)CC3)c21.Cl.Cl. The first-order chi connectivity index (χ1) is 17.5. The van der Waals surface area contributed by atoms with Crippen LogP contribution in [0.25, 0.3) is 0 Å². The van der Waals surface area contributed by atoms with Crippen molar-refractivity contribution in [1.82, 2.24) is 19.8 Å². The molecule has 2 aliphatic heterocycles. The Morgan fingerprint density at radius 3 is 2.39 bits per heavy atom. The van der Waals surface area contributed by atoms with Crippen molar-refractivity contribution in [3.05, 3.63) is 52.4 Å². The maximum Gasteiger partial charge on any atom is 0.135 e. The molecular formula is C27H38Cl3N5O3. The van der Waals surface area contributed by atoms with Crippen LogP contribution in [0.1, 0.15) is 60.9 Å². The molecule has 0 spiro atoms. The van der Waals surface area contributed by atoms with Gasteiger partial charge in [0.25, 0.3) is 0 Å². The molecule has 2 fully saturated rings. The summed E-state index contributed by atoms with van der Waals surface area (Å²) in [5.74, 6) is 0.892. The van der Waals surface area contributed by atoms with Gasteiger partial charge in [-0.15, -0.1) is 24.8 Å². The maximum atomic E-state index is 12.6. The first-order valence-electron chi connectivity index (χ1n) is 13.0. The van der Waals surface area contributed by atoms with Crippen molar-refractivity contribution >= 4 is 48.5 Å². The number of carbonyl (C=O) groups is 1. The molecule has 1 N–H and O–H groups in total. The molecule has 3 heterocycles. The number of aromatic nitrogens is 2. The zero-order valence-electron chi connectivity index (χ0n) is 21.9. The van der Waals surface area contributed by atoms with Crippen molar-refractivity contribution in [1.29, 1.82) is 0 Å². The third-order valence-electron chi connectivity index (χ3n) is 8.17. The summed E-state index contributed by atoms with van der Waals surface area (Å²) in [6, 6.07) is 8.03. The van der Waals surface area contributed by atoms with Crippen molar-refractivity contribution in [2.75, 3.05) is 51.3 Å². The second kappa shape index (κ2) is 13.7. The van der Waals surface area contributed by atoms with Crippen LogP contribution in [0.3, 0.4) is 0 Å². The fraction of sp³-hybridized carbons (Fsp3) is 0.593. The van der Waals surface area contributed by atoms with Gasteiger partial charge in [-0.3, -0.25) is 9.80 Å². The minimum absolute atomic E-state index is 0. The number of carbonyl (C=O) groups excluding carboxylic acids is 1. The number of anilines is 1. The molecule has 2 saturated heterocycles. The Bertz CT molecular complexity index is 1050. The molecular weight excluding hydrogens is 549 g/mol. The highest BCUT2D eigenvalue weighted by Gasteiger charge is 2.39. The monoisotopic (exact) mass is 585 g/mol. The molecule has 38 heavy (non-hydrogen) atoms. The lowest BCUT2D eigenvalue weighted by Crippen LogP contribution is -2.60. The predicted octanol–water partition coefficient (Wildman–Crippen LogP) is 4.06. The number of likely N-dealkylation sites (N-methyl/N-ethyl adjacent to an activating group) is 1. The van der Waals surface area contributed by atoms with Crippen LogP contribution in [0.5, 0.6) is 0 Å². The summed E-state index contributed by atoms with van der Waals surface area (Å²) in [5, 5.41) is 11.1. The van der Waals surface area contributed by atoms with E-state index in [2.05, 4.69) is 38.6 Å². The van der Waals surface area contributed by atoms with Gasteiger partial charge in [-0.2, -0.15) is 0 Å². The third kappa shape index (κ3) is 6.28. The lowest BCUT2D eigenvalue weighted by atomic mass is 9.93. The molecule has 0 saturated carbocycles. The van der Waals surface area contributed by atoms with Gasteiger partial charge in [0.1, 0.15) is 18.4 Å². The van der Waals surface area contributed by atoms with E-state index in [1.165, 1.54) is 0 Å². The highest BCUT2D eigenvalue weighted by molar-refractivity contribution is 6.30. The summed E-state index contributed by atoms with van der Waals surface area (Å²) in [6.07, 6.45) is 4.72. The Labute approximate surface area is 242 Å². The van der Waals surface area contributed by atoms with Crippen LogP contribution in [0.4, 0.5) is 5.82 Å². The van der Waals surface area contributed by atoms with Gasteiger partial charge in [-0.25, -0.2) is 9.97 Å². The van der Waals surface area contributed by atoms with E-state index in [-0.39, 0.29) is 42.8 Å². The largest absolute Gasteiger partial charge is 0.387 e. The minimum Gasteiger partial charge on any atom is -0.387 e. The topological polar surface area (TPSA) is 82.0 Å². The van der Waals surface area contributed by atoms with Crippen molar-refractivity contribution in [2.45, 2.75) is 56.3 Å². The lowest BCUT2D eigenvalue weighted by Gasteiger charge is -2.48. The molecule has 0 amide bonds. The average Bonchev–Trinajstić information content (AvgIpc) is 3.21.